The Labute approximate surface area is 117 Å². The molecule has 1 aromatic carbocycles. The summed E-state index contributed by atoms with van der Waals surface area (Å²) in [5, 5.41) is 10.3. The Balaban J connectivity index is 2.53. The Morgan fingerprint density at radius 1 is 1.16 bits per heavy atom. The monoisotopic (exact) mass is 264 g/mol. The number of aliphatic hydroxyl groups is 1. The number of aliphatic hydroxyl groups excluding tert-OH is 1. The molecule has 0 aliphatic heterocycles. The summed E-state index contributed by atoms with van der Waals surface area (Å²) in [5.41, 5.74) is 2.17. The van der Waals surface area contributed by atoms with Crippen molar-refractivity contribution in [2.45, 2.75) is 58.7 Å². The highest BCUT2D eigenvalue weighted by Gasteiger charge is 2.14. The average molecular weight is 264 g/mol. The quantitative estimate of drug-likeness (QED) is 0.713. The van der Waals surface area contributed by atoms with Crippen LogP contribution in [0.25, 0.3) is 0 Å². The highest BCUT2D eigenvalue weighted by atomic mass is 16.5. The predicted molar refractivity (Wildman–Crippen MR) is 80.0 cm³/mol. The molecule has 2 nitrogen and oxygen atoms in total. The molecular formula is C17H28O2. The third-order valence-corrected chi connectivity index (χ3v) is 3.78. The average Bonchev–Trinajstić information content (AvgIpc) is 2.44. The first kappa shape index (κ1) is 16.2. The molecule has 2 unspecified atom stereocenters. The Kier molecular flexibility index (Phi) is 7.76. The van der Waals surface area contributed by atoms with Gasteiger partial charge in [0.05, 0.1) is 12.7 Å². The molecule has 0 amide bonds. The molecule has 0 saturated heterocycles. The van der Waals surface area contributed by atoms with Crippen molar-refractivity contribution >= 4 is 0 Å². The lowest BCUT2D eigenvalue weighted by molar-refractivity contribution is 0.139. The highest BCUT2D eigenvalue weighted by Crippen LogP contribution is 2.26. The van der Waals surface area contributed by atoms with E-state index in [0.29, 0.717) is 12.5 Å². The normalized spacial score (nSPS) is 14.3. The number of benzene rings is 1. The van der Waals surface area contributed by atoms with E-state index in [-0.39, 0.29) is 6.10 Å². The summed E-state index contributed by atoms with van der Waals surface area (Å²) in [6.07, 6.45) is 5.42. The van der Waals surface area contributed by atoms with Gasteiger partial charge in [-0.1, -0.05) is 63.8 Å². The summed E-state index contributed by atoms with van der Waals surface area (Å²) in [5.74, 6) is 0.633. The van der Waals surface area contributed by atoms with Crippen LogP contribution in [0.1, 0.15) is 63.2 Å². The van der Waals surface area contributed by atoms with Crippen LogP contribution in [0.15, 0.2) is 24.3 Å². The highest BCUT2D eigenvalue weighted by molar-refractivity contribution is 5.23. The molecule has 0 bridgehead atoms. The Bertz CT molecular complexity index is 332. The van der Waals surface area contributed by atoms with E-state index in [1.165, 1.54) is 19.3 Å². The molecule has 0 aliphatic rings. The lowest BCUT2D eigenvalue weighted by Crippen LogP contribution is -2.07. The molecule has 2 heteroatoms. The van der Waals surface area contributed by atoms with Crippen LogP contribution in [0.5, 0.6) is 0 Å². The van der Waals surface area contributed by atoms with Crippen molar-refractivity contribution in [2.75, 3.05) is 7.11 Å². The molecule has 2 atom stereocenters. The van der Waals surface area contributed by atoms with Gasteiger partial charge in [-0.05, 0) is 23.5 Å². The minimum absolute atomic E-state index is 0.335. The Hall–Kier alpha value is -0.860. The van der Waals surface area contributed by atoms with Gasteiger partial charge in [0.1, 0.15) is 0 Å². The molecule has 0 saturated carbocycles. The van der Waals surface area contributed by atoms with Crippen LogP contribution in [0, 0.1) is 5.92 Å². The SMILES string of the molecule is CCCCC(CC)CC(O)c1ccc(COC)cc1. The minimum Gasteiger partial charge on any atom is -0.388 e. The van der Waals surface area contributed by atoms with Crippen molar-refractivity contribution in [3.63, 3.8) is 0 Å². The summed E-state index contributed by atoms with van der Waals surface area (Å²) in [6, 6.07) is 8.11. The van der Waals surface area contributed by atoms with E-state index in [1.54, 1.807) is 7.11 Å². The van der Waals surface area contributed by atoms with Gasteiger partial charge in [0.2, 0.25) is 0 Å². The van der Waals surface area contributed by atoms with Crippen LogP contribution < -0.4 is 0 Å². The van der Waals surface area contributed by atoms with Gasteiger partial charge < -0.3 is 9.84 Å². The van der Waals surface area contributed by atoms with Gasteiger partial charge in [-0.15, -0.1) is 0 Å². The summed E-state index contributed by atoms with van der Waals surface area (Å²) >= 11 is 0. The summed E-state index contributed by atoms with van der Waals surface area (Å²) in [4.78, 5) is 0. The van der Waals surface area contributed by atoms with E-state index in [0.717, 1.165) is 24.0 Å². The number of ether oxygens (including phenoxy) is 1. The van der Waals surface area contributed by atoms with Crippen LogP contribution in [-0.4, -0.2) is 12.2 Å². The van der Waals surface area contributed by atoms with Crippen LogP contribution in [0.2, 0.25) is 0 Å². The third kappa shape index (κ3) is 5.75. The van der Waals surface area contributed by atoms with Crippen molar-refractivity contribution in [2.24, 2.45) is 5.92 Å². The van der Waals surface area contributed by atoms with E-state index in [9.17, 15) is 5.11 Å². The minimum atomic E-state index is -0.335. The van der Waals surface area contributed by atoms with Gasteiger partial charge in [-0.3, -0.25) is 0 Å². The van der Waals surface area contributed by atoms with Gasteiger partial charge >= 0.3 is 0 Å². The van der Waals surface area contributed by atoms with Crippen molar-refractivity contribution < 1.29 is 9.84 Å². The summed E-state index contributed by atoms with van der Waals surface area (Å²) in [7, 11) is 1.70. The zero-order valence-corrected chi connectivity index (χ0v) is 12.6. The molecule has 0 radical (unpaired) electrons. The molecule has 0 heterocycles. The fourth-order valence-electron chi connectivity index (χ4n) is 2.44. The van der Waals surface area contributed by atoms with Crippen molar-refractivity contribution in [1.82, 2.24) is 0 Å². The van der Waals surface area contributed by atoms with Gasteiger partial charge in [0.15, 0.2) is 0 Å². The maximum absolute atomic E-state index is 10.3. The zero-order chi connectivity index (χ0) is 14.1. The van der Waals surface area contributed by atoms with Crippen molar-refractivity contribution in [1.29, 1.82) is 0 Å². The molecule has 19 heavy (non-hydrogen) atoms. The maximum Gasteiger partial charge on any atom is 0.0792 e. The fraction of sp³-hybridized carbons (Fsp3) is 0.647. The van der Waals surface area contributed by atoms with E-state index in [2.05, 4.69) is 13.8 Å². The second-order valence-corrected chi connectivity index (χ2v) is 5.34. The van der Waals surface area contributed by atoms with Crippen LogP contribution in [0.3, 0.4) is 0 Å². The van der Waals surface area contributed by atoms with E-state index in [4.69, 9.17) is 4.74 Å². The third-order valence-electron chi connectivity index (χ3n) is 3.78. The predicted octanol–water partition coefficient (Wildman–Crippen LogP) is 4.47. The summed E-state index contributed by atoms with van der Waals surface area (Å²) < 4.78 is 5.09. The van der Waals surface area contributed by atoms with Gasteiger partial charge in [-0.2, -0.15) is 0 Å². The second kappa shape index (κ2) is 9.11. The molecular weight excluding hydrogens is 236 g/mol. The lowest BCUT2D eigenvalue weighted by Gasteiger charge is -2.19. The van der Waals surface area contributed by atoms with Crippen molar-refractivity contribution in [3.05, 3.63) is 35.4 Å². The largest absolute Gasteiger partial charge is 0.388 e. The van der Waals surface area contributed by atoms with Gasteiger partial charge in [-0.25, -0.2) is 0 Å². The van der Waals surface area contributed by atoms with E-state index < -0.39 is 0 Å². The molecule has 0 aromatic heterocycles. The van der Waals surface area contributed by atoms with Crippen LogP contribution >= 0.6 is 0 Å². The van der Waals surface area contributed by atoms with Crippen LogP contribution in [-0.2, 0) is 11.3 Å². The van der Waals surface area contributed by atoms with Gasteiger partial charge in [0.25, 0.3) is 0 Å². The number of hydrogen-bond donors (Lipinski definition) is 1. The molecule has 1 N–H and O–H groups in total. The smallest absolute Gasteiger partial charge is 0.0792 e. The standard InChI is InChI=1S/C17H28O2/c1-4-6-7-14(5-2)12-17(18)16-10-8-15(9-11-16)13-19-3/h8-11,14,17-18H,4-7,12-13H2,1-3H3. The Morgan fingerprint density at radius 3 is 2.37 bits per heavy atom. The number of methoxy groups -OCH3 is 1. The zero-order valence-electron chi connectivity index (χ0n) is 12.6. The number of rotatable bonds is 9. The fourth-order valence-corrected chi connectivity index (χ4v) is 2.44. The molecule has 0 aliphatic carbocycles. The molecule has 0 fully saturated rings. The number of unbranched alkanes of at least 4 members (excludes halogenated alkanes) is 1. The van der Waals surface area contributed by atoms with Crippen LogP contribution in [0.4, 0.5) is 0 Å². The first-order valence-electron chi connectivity index (χ1n) is 7.47. The first-order chi connectivity index (χ1) is 9.21. The van der Waals surface area contributed by atoms with Gasteiger partial charge in [0, 0.05) is 7.11 Å². The molecule has 1 rings (SSSR count). The van der Waals surface area contributed by atoms with E-state index in [1.807, 2.05) is 24.3 Å². The molecule has 108 valence electrons. The Morgan fingerprint density at radius 2 is 1.84 bits per heavy atom. The molecule has 1 aromatic rings. The molecule has 0 spiro atoms. The second-order valence-electron chi connectivity index (χ2n) is 5.34. The lowest BCUT2D eigenvalue weighted by atomic mass is 9.90. The topological polar surface area (TPSA) is 29.5 Å². The van der Waals surface area contributed by atoms with E-state index >= 15 is 0 Å². The maximum atomic E-state index is 10.3. The first-order valence-corrected chi connectivity index (χ1v) is 7.47. The van der Waals surface area contributed by atoms with Crippen molar-refractivity contribution in [3.8, 4) is 0 Å². The number of hydrogen-bond acceptors (Lipinski definition) is 2. The summed E-state index contributed by atoms with van der Waals surface area (Å²) in [6.45, 7) is 5.07.